The van der Waals surface area contributed by atoms with Crippen molar-refractivity contribution < 1.29 is 9.90 Å². The molecule has 2 aromatic rings. The Morgan fingerprint density at radius 3 is 2.69 bits per heavy atom. The number of nitrogens with one attached hydrogen (secondary N) is 2. The quantitative estimate of drug-likeness (QED) is 0.784. The van der Waals surface area contributed by atoms with Gasteiger partial charge >= 0.3 is 6.03 Å². The van der Waals surface area contributed by atoms with Crippen LogP contribution in [-0.4, -0.2) is 23.3 Å². The van der Waals surface area contributed by atoms with Gasteiger partial charge in [0, 0.05) is 18.2 Å². The minimum absolute atomic E-state index is 0.142. The number of anilines is 1. The summed E-state index contributed by atoms with van der Waals surface area (Å²) >= 11 is 0. The zero-order valence-electron chi connectivity index (χ0n) is 14.9. The van der Waals surface area contributed by atoms with Crippen molar-refractivity contribution in [2.75, 3.05) is 5.32 Å². The maximum atomic E-state index is 12.5. The second kappa shape index (κ2) is 7.50. The van der Waals surface area contributed by atoms with Crippen molar-refractivity contribution in [3.8, 4) is 0 Å². The molecule has 4 nitrogen and oxygen atoms in total. The van der Waals surface area contributed by atoms with E-state index in [0.717, 1.165) is 43.4 Å². The number of aryl methyl sites for hydroxylation is 1. The molecule has 1 fully saturated rings. The lowest BCUT2D eigenvalue weighted by molar-refractivity contribution is 0.159. The zero-order valence-corrected chi connectivity index (χ0v) is 14.9. The number of aliphatic hydroxyl groups is 1. The van der Waals surface area contributed by atoms with Crippen LogP contribution >= 0.6 is 0 Å². The van der Waals surface area contributed by atoms with E-state index in [4.69, 9.17) is 0 Å². The van der Waals surface area contributed by atoms with Crippen LogP contribution in [0.1, 0.15) is 48.3 Å². The topological polar surface area (TPSA) is 61.4 Å². The van der Waals surface area contributed by atoms with Gasteiger partial charge in [-0.3, -0.25) is 0 Å². The van der Waals surface area contributed by atoms with Gasteiger partial charge in [-0.15, -0.1) is 0 Å². The molecule has 1 saturated carbocycles. The first-order valence-electron chi connectivity index (χ1n) is 9.60. The second-order valence-corrected chi connectivity index (χ2v) is 7.56. The highest BCUT2D eigenvalue weighted by atomic mass is 16.3. The number of amides is 2. The fourth-order valence-corrected chi connectivity index (χ4v) is 4.37. The van der Waals surface area contributed by atoms with Gasteiger partial charge in [0.25, 0.3) is 0 Å². The molecule has 0 radical (unpaired) electrons. The summed E-state index contributed by atoms with van der Waals surface area (Å²) in [7, 11) is 0. The molecule has 0 heterocycles. The highest BCUT2D eigenvalue weighted by Crippen LogP contribution is 2.34. The predicted molar refractivity (Wildman–Crippen MR) is 103 cm³/mol. The van der Waals surface area contributed by atoms with Crippen molar-refractivity contribution in [3.05, 3.63) is 65.2 Å². The SMILES string of the molecule is O=C(Nc1cccc2c1CC(O)CC2)N[C@@H]1CC[C@@H](c2ccccc2)C1. The molecule has 2 aliphatic carbocycles. The number of fused-ring (bicyclic) bond motifs is 1. The molecule has 1 unspecified atom stereocenters. The third-order valence-corrected chi connectivity index (χ3v) is 5.75. The summed E-state index contributed by atoms with van der Waals surface area (Å²) in [5.41, 5.74) is 4.51. The molecule has 2 amide bonds. The molecule has 0 bridgehead atoms. The van der Waals surface area contributed by atoms with Crippen LogP contribution in [0.3, 0.4) is 0 Å². The third-order valence-electron chi connectivity index (χ3n) is 5.75. The summed E-state index contributed by atoms with van der Waals surface area (Å²) in [6.07, 6.45) is 5.09. The van der Waals surface area contributed by atoms with E-state index in [1.807, 2.05) is 18.2 Å². The molecule has 2 aromatic carbocycles. The summed E-state index contributed by atoms with van der Waals surface area (Å²) in [5, 5.41) is 16.1. The number of carbonyl (C=O) groups excluding carboxylic acids is 1. The van der Waals surface area contributed by atoms with Crippen molar-refractivity contribution in [1.82, 2.24) is 5.32 Å². The van der Waals surface area contributed by atoms with Gasteiger partial charge in [-0.05, 0) is 60.8 Å². The maximum absolute atomic E-state index is 12.5. The van der Waals surface area contributed by atoms with Crippen molar-refractivity contribution in [1.29, 1.82) is 0 Å². The lowest BCUT2D eigenvalue weighted by Crippen LogP contribution is -2.37. The van der Waals surface area contributed by atoms with Crippen molar-refractivity contribution in [2.24, 2.45) is 0 Å². The fourth-order valence-electron chi connectivity index (χ4n) is 4.37. The van der Waals surface area contributed by atoms with E-state index in [9.17, 15) is 9.90 Å². The van der Waals surface area contributed by atoms with Crippen LogP contribution in [0.5, 0.6) is 0 Å². The molecule has 0 aliphatic heterocycles. The van der Waals surface area contributed by atoms with E-state index >= 15 is 0 Å². The summed E-state index contributed by atoms with van der Waals surface area (Å²) in [6, 6.07) is 16.6. The molecule has 4 rings (SSSR count). The van der Waals surface area contributed by atoms with Crippen molar-refractivity contribution in [3.63, 3.8) is 0 Å². The van der Waals surface area contributed by atoms with E-state index in [2.05, 4.69) is 41.0 Å². The average molecular weight is 350 g/mol. The molecule has 0 aromatic heterocycles. The number of hydrogen-bond acceptors (Lipinski definition) is 2. The van der Waals surface area contributed by atoms with Gasteiger partial charge in [0.1, 0.15) is 0 Å². The van der Waals surface area contributed by atoms with Crippen LogP contribution in [0.25, 0.3) is 0 Å². The Balaban J connectivity index is 1.37. The number of urea groups is 1. The summed E-state index contributed by atoms with van der Waals surface area (Å²) < 4.78 is 0. The van der Waals surface area contributed by atoms with Crippen LogP contribution in [0.15, 0.2) is 48.5 Å². The fraction of sp³-hybridized carbons (Fsp3) is 0.409. The van der Waals surface area contributed by atoms with E-state index < -0.39 is 0 Å². The minimum Gasteiger partial charge on any atom is -0.393 e. The van der Waals surface area contributed by atoms with Crippen molar-refractivity contribution >= 4 is 11.7 Å². The molecule has 26 heavy (non-hydrogen) atoms. The maximum Gasteiger partial charge on any atom is 0.319 e. The number of aliphatic hydroxyl groups excluding tert-OH is 1. The molecular weight excluding hydrogens is 324 g/mol. The Labute approximate surface area is 154 Å². The first kappa shape index (κ1) is 17.1. The van der Waals surface area contributed by atoms with Crippen LogP contribution in [0, 0.1) is 0 Å². The molecule has 2 aliphatic rings. The lowest BCUT2D eigenvalue weighted by atomic mass is 9.88. The Morgan fingerprint density at radius 2 is 1.85 bits per heavy atom. The Morgan fingerprint density at radius 1 is 1.00 bits per heavy atom. The van der Waals surface area contributed by atoms with Gasteiger partial charge in [0.2, 0.25) is 0 Å². The Kier molecular flexibility index (Phi) is 4.93. The van der Waals surface area contributed by atoms with Gasteiger partial charge < -0.3 is 15.7 Å². The highest BCUT2D eigenvalue weighted by molar-refractivity contribution is 5.90. The zero-order chi connectivity index (χ0) is 17.9. The smallest absolute Gasteiger partial charge is 0.319 e. The van der Waals surface area contributed by atoms with Gasteiger partial charge in [-0.1, -0.05) is 42.5 Å². The third kappa shape index (κ3) is 3.75. The summed E-state index contributed by atoms with van der Waals surface area (Å²) in [5.74, 6) is 0.529. The normalized spacial score (nSPS) is 24.7. The molecular formula is C22H26N2O2. The molecule has 136 valence electrons. The van der Waals surface area contributed by atoms with Crippen LogP contribution in [-0.2, 0) is 12.8 Å². The first-order valence-corrected chi connectivity index (χ1v) is 9.60. The van der Waals surface area contributed by atoms with Gasteiger partial charge in [0.15, 0.2) is 0 Å². The molecule has 3 atom stereocenters. The van der Waals surface area contributed by atoms with Crippen molar-refractivity contribution in [2.45, 2.75) is 56.6 Å². The Hall–Kier alpha value is -2.33. The predicted octanol–water partition coefficient (Wildman–Crippen LogP) is 3.99. The number of rotatable bonds is 3. The molecule has 4 heteroatoms. The minimum atomic E-state index is -0.310. The largest absolute Gasteiger partial charge is 0.393 e. The number of carbonyl (C=O) groups is 1. The van der Waals surface area contributed by atoms with E-state index in [0.29, 0.717) is 12.3 Å². The van der Waals surface area contributed by atoms with Gasteiger partial charge in [-0.25, -0.2) is 4.79 Å². The lowest BCUT2D eigenvalue weighted by Gasteiger charge is -2.24. The van der Waals surface area contributed by atoms with Gasteiger partial charge in [0.05, 0.1) is 6.10 Å². The standard InChI is InChI=1S/C22H26N2O2/c25-19-12-10-16-7-4-8-21(20(16)14-19)24-22(26)23-18-11-9-17(13-18)15-5-2-1-3-6-15/h1-8,17-19,25H,9-14H2,(H2,23,24,26)/t17-,18-,19?/m1/s1. The van der Waals surface area contributed by atoms with Gasteiger partial charge in [-0.2, -0.15) is 0 Å². The van der Waals surface area contributed by atoms with Crippen LogP contribution in [0.2, 0.25) is 0 Å². The summed E-state index contributed by atoms with van der Waals surface area (Å²) in [6.45, 7) is 0. The van der Waals surface area contributed by atoms with Crippen LogP contribution < -0.4 is 10.6 Å². The first-order chi connectivity index (χ1) is 12.7. The van der Waals surface area contributed by atoms with Crippen LogP contribution in [0.4, 0.5) is 10.5 Å². The molecule has 3 N–H and O–H groups in total. The number of hydrogen-bond donors (Lipinski definition) is 3. The Bertz CT molecular complexity index is 775. The van der Waals surface area contributed by atoms with E-state index in [1.165, 1.54) is 11.1 Å². The molecule has 0 saturated heterocycles. The monoisotopic (exact) mass is 350 g/mol. The summed E-state index contributed by atoms with van der Waals surface area (Å²) in [4.78, 5) is 12.5. The van der Waals surface area contributed by atoms with E-state index in [-0.39, 0.29) is 18.2 Å². The highest BCUT2D eigenvalue weighted by Gasteiger charge is 2.27. The number of benzene rings is 2. The molecule has 0 spiro atoms. The second-order valence-electron chi connectivity index (χ2n) is 7.56. The van der Waals surface area contributed by atoms with E-state index in [1.54, 1.807) is 0 Å². The average Bonchev–Trinajstić information content (AvgIpc) is 3.11.